The Labute approximate surface area is 104 Å². The Morgan fingerprint density at radius 2 is 2.00 bits per heavy atom. The van der Waals surface area contributed by atoms with Crippen LogP contribution in [0.25, 0.3) is 0 Å². The van der Waals surface area contributed by atoms with E-state index in [9.17, 15) is 9.18 Å². The van der Waals surface area contributed by atoms with E-state index in [4.69, 9.17) is 5.73 Å². The minimum atomic E-state index is -0.582. The molecule has 0 saturated carbocycles. The van der Waals surface area contributed by atoms with Crippen LogP contribution in [0.5, 0.6) is 0 Å². The predicted molar refractivity (Wildman–Crippen MR) is 66.5 cm³/mol. The third kappa shape index (κ3) is 2.82. The van der Waals surface area contributed by atoms with Crippen LogP contribution in [0.2, 0.25) is 0 Å². The highest BCUT2D eigenvalue weighted by Crippen LogP contribution is 2.16. The second-order valence-corrected chi connectivity index (χ2v) is 3.77. The molecule has 0 unspecified atom stereocenters. The van der Waals surface area contributed by atoms with Crippen LogP contribution < -0.4 is 11.1 Å². The van der Waals surface area contributed by atoms with Gasteiger partial charge in [-0.05, 0) is 35.9 Å². The molecule has 0 bridgehead atoms. The average molecular weight is 245 g/mol. The average Bonchev–Trinajstić information content (AvgIpc) is 2.38. The number of pyridine rings is 1. The van der Waals surface area contributed by atoms with Crippen LogP contribution in [0, 0.1) is 5.82 Å². The number of anilines is 1. The second-order valence-electron chi connectivity index (χ2n) is 3.77. The van der Waals surface area contributed by atoms with Gasteiger partial charge in [-0.15, -0.1) is 0 Å². The Balaban J connectivity index is 2.14. The van der Waals surface area contributed by atoms with Gasteiger partial charge < -0.3 is 11.1 Å². The molecule has 3 N–H and O–H groups in total. The lowest BCUT2D eigenvalue weighted by atomic mass is 10.1. The highest BCUT2D eigenvalue weighted by Gasteiger charge is 2.06. The normalized spacial score (nSPS) is 10.1. The van der Waals surface area contributed by atoms with Crippen LogP contribution in [0.1, 0.15) is 15.9 Å². The van der Waals surface area contributed by atoms with Crippen molar-refractivity contribution < 1.29 is 9.18 Å². The Morgan fingerprint density at radius 1 is 1.28 bits per heavy atom. The fraction of sp³-hybridized carbons (Fsp3) is 0.0769. The van der Waals surface area contributed by atoms with Crippen molar-refractivity contribution in [2.24, 2.45) is 5.73 Å². The third-order valence-electron chi connectivity index (χ3n) is 2.48. The number of carbonyl (C=O) groups excluding carboxylic acids is 1. The molecule has 1 heterocycles. The predicted octanol–water partition coefficient (Wildman–Crippen LogP) is 1.93. The van der Waals surface area contributed by atoms with Crippen molar-refractivity contribution in [1.82, 2.24) is 4.98 Å². The van der Waals surface area contributed by atoms with Crippen molar-refractivity contribution in [2.45, 2.75) is 6.54 Å². The van der Waals surface area contributed by atoms with Crippen molar-refractivity contribution >= 4 is 11.6 Å². The first kappa shape index (κ1) is 12.0. The number of halogens is 1. The first-order valence-corrected chi connectivity index (χ1v) is 5.39. The lowest BCUT2D eigenvalue weighted by Gasteiger charge is -2.08. The van der Waals surface area contributed by atoms with E-state index in [1.165, 1.54) is 18.2 Å². The molecule has 0 aliphatic heterocycles. The molecule has 0 aliphatic carbocycles. The standard InChI is InChI=1S/C13H12FN3O/c14-11-2-1-10(13(15)18)7-12(11)17-8-9-3-5-16-6-4-9/h1-7,17H,8H2,(H2,15,18). The number of nitrogens with two attached hydrogens (primary N) is 1. The van der Waals surface area contributed by atoms with E-state index < -0.39 is 11.7 Å². The monoisotopic (exact) mass is 245 g/mol. The number of nitrogens with one attached hydrogen (secondary N) is 1. The Bertz CT molecular complexity index is 557. The molecule has 0 radical (unpaired) electrons. The number of amides is 1. The maximum atomic E-state index is 13.5. The molecule has 1 amide bonds. The van der Waals surface area contributed by atoms with Crippen LogP contribution in [0.3, 0.4) is 0 Å². The van der Waals surface area contributed by atoms with Crippen molar-refractivity contribution in [3.8, 4) is 0 Å². The van der Waals surface area contributed by atoms with Crippen molar-refractivity contribution in [3.05, 3.63) is 59.7 Å². The summed E-state index contributed by atoms with van der Waals surface area (Å²) < 4.78 is 13.5. The summed E-state index contributed by atoms with van der Waals surface area (Å²) in [4.78, 5) is 14.9. The van der Waals surface area contributed by atoms with E-state index in [0.29, 0.717) is 6.54 Å². The SMILES string of the molecule is NC(=O)c1ccc(F)c(NCc2ccncc2)c1. The summed E-state index contributed by atoms with van der Waals surface area (Å²) in [6.45, 7) is 0.446. The topological polar surface area (TPSA) is 68.0 Å². The fourth-order valence-corrected chi connectivity index (χ4v) is 1.51. The van der Waals surface area contributed by atoms with E-state index in [1.807, 2.05) is 12.1 Å². The molecule has 1 aromatic heterocycles. The van der Waals surface area contributed by atoms with Gasteiger partial charge >= 0.3 is 0 Å². The van der Waals surface area contributed by atoms with Crippen molar-refractivity contribution in [2.75, 3.05) is 5.32 Å². The molecular weight excluding hydrogens is 233 g/mol. The van der Waals surface area contributed by atoms with Gasteiger partial charge in [-0.1, -0.05) is 0 Å². The Morgan fingerprint density at radius 3 is 2.67 bits per heavy atom. The van der Waals surface area contributed by atoms with Gasteiger partial charge in [-0.2, -0.15) is 0 Å². The summed E-state index contributed by atoms with van der Waals surface area (Å²) in [6, 6.07) is 7.62. The summed E-state index contributed by atoms with van der Waals surface area (Å²) in [5, 5.41) is 2.91. The van der Waals surface area contributed by atoms with Crippen LogP contribution in [0.4, 0.5) is 10.1 Å². The van der Waals surface area contributed by atoms with E-state index in [0.717, 1.165) is 5.56 Å². The molecule has 18 heavy (non-hydrogen) atoms. The zero-order chi connectivity index (χ0) is 13.0. The van der Waals surface area contributed by atoms with Crippen molar-refractivity contribution in [3.63, 3.8) is 0 Å². The summed E-state index contributed by atoms with van der Waals surface area (Å²) in [6.07, 6.45) is 3.32. The van der Waals surface area contributed by atoms with Crippen LogP contribution in [0.15, 0.2) is 42.7 Å². The third-order valence-corrected chi connectivity index (χ3v) is 2.48. The molecule has 4 nitrogen and oxygen atoms in total. The zero-order valence-corrected chi connectivity index (χ0v) is 9.56. The quantitative estimate of drug-likeness (QED) is 0.864. The van der Waals surface area contributed by atoms with Gasteiger partial charge in [0.25, 0.3) is 0 Å². The van der Waals surface area contributed by atoms with Gasteiger partial charge in [-0.3, -0.25) is 9.78 Å². The number of nitrogens with zero attached hydrogens (tertiary/aromatic N) is 1. The number of aromatic nitrogens is 1. The van der Waals surface area contributed by atoms with E-state index >= 15 is 0 Å². The fourth-order valence-electron chi connectivity index (χ4n) is 1.51. The molecule has 92 valence electrons. The Hall–Kier alpha value is -2.43. The summed E-state index contributed by atoms with van der Waals surface area (Å²) in [5.74, 6) is -1.00. The maximum Gasteiger partial charge on any atom is 0.248 e. The number of rotatable bonds is 4. The van der Waals surface area contributed by atoms with Gasteiger partial charge in [0.15, 0.2) is 0 Å². The molecule has 2 rings (SSSR count). The van der Waals surface area contributed by atoms with Crippen LogP contribution in [-0.2, 0) is 6.54 Å². The lowest BCUT2D eigenvalue weighted by molar-refractivity contribution is 0.100. The molecule has 0 saturated heterocycles. The molecule has 0 fully saturated rings. The van der Waals surface area contributed by atoms with Gasteiger partial charge in [0.05, 0.1) is 5.69 Å². The Kier molecular flexibility index (Phi) is 3.52. The van der Waals surface area contributed by atoms with E-state index in [2.05, 4.69) is 10.3 Å². The lowest BCUT2D eigenvalue weighted by Crippen LogP contribution is -2.12. The molecule has 2 aromatic rings. The number of carbonyl (C=O) groups is 1. The van der Waals surface area contributed by atoms with Gasteiger partial charge in [-0.25, -0.2) is 4.39 Å². The number of hydrogen-bond acceptors (Lipinski definition) is 3. The largest absolute Gasteiger partial charge is 0.379 e. The smallest absolute Gasteiger partial charge is 0.248 e. The first-order valence-electron chi connectivity index (χ1n) is 5.39. The molecule has 5 heteroatoms. The van der Waals surface area contributed by atoms with Crippen LogP contribution in [-0.4, -0.2) is 10.9 Å². The van der Waals surface area contributed by atoms with Gasteiger partial charge in [0, 0.05) is 24.5 Å². The summed E-state index contributed by atoms with van der Waals surface area (Å²) in [5.41, 5.74) is 6.63. The number of primary amides is 1. The molecule has 0 aliphatic rings. The van der Waals surface area contributed by atoms with E-state index in [-0.39, 0.29) is 11.3 Å². The van der Waals surface area contributed by atoms with Crippen molar-refractivity contribution in [1.29, 1.82) is 0 Å². The van der Waals surface area contributed by atoms with Gasteiger partial charge in [0.2, 0.25) is 5.91 Å². The molecule has 0 atom stereocenters. The second kappa shape index (κ2) is 5.27. The first-order chi connectivity index (χ1) is 8.66. The molecular formula is C13H12FN3O. The zero-order valence-electron chi connectivity index (χ0n) is 9.56. The maximum absolute atomic E-state index is 13.5. The highest BCUT2D eigenvalue weighted by molar-refractivity contribution is 5.93. The number of benzene rings is 1. The van der Waals surface area contributed by atoms with E-state index in [1.54, 1.807) is 12.4 Å². The van der Waals surface area contributed by atoms with Gasteiger partial charge in [0.1, 0.15) is 5.82 Å². The summed E-state index contributed by atoms with van der Waals surface area (Å²) in [7, 11) is 0. The van der Waals surface area contributed by atoms with Crippen LogP contribution >= 0.6 is 0 Å². The minimum absolute atomic E-state index is 0.253. The summed E-state index contributed by atoms with van der Waals surface area (Å²) >= 11 is 0. The molecule has 1 aromatic carbocycles. The number of hydrogen-bond donors (Lipinski definition) is 2. The minimum Gasteiger partial charge on any atom is -0.379 e. The molecule has 0 spiro atoms. The highest BCUT2D eigenvalue weighted by atomic mass is 19.1.